The third-order valence-corrected chi connectivity index (χ3v) is 6.82. The van der Waals surface area contributed by atoms with Gasteiger partial charge in [0.2, 0.25) is 0 Å². The van der Waals surface area contributed by atoms with E-state index in [1.807, 2.05) is 0 Å². The molecule has 25 heavy (non-hydrogen) atoms. The van der Waals surface area contributed by atoms with Crippen LogP contribution in [0, 0.1) is 0 Å². The van der Waals surface area contributed by atoms with E-state index in [0.717, 1.165) is 23.2 Å². The third kappa shape index (κ3) is 4.66. The standard InChI is InChI=1S/C21H30NOSi.HI/c1-22(16-24(3,4)5)15-19-9-7-6-8-18(19)14-21(22)17-10-12-20(23-2)13-11-17;/h6-13,21H,14-16H2,1-5H3;1H/q+1;/p-1/t21-,22-;/m1./s1. The normalized spacial score (nSPS) is 22.7. The highest BCUT2D eigenvalue weighted by Gasteiger charge is 2.41. The van der Waals surface area contributed by atoms with Crippen molar-refractivity contribution in [2.45, 2.75) is 38.6 Å². The van der Waals surface area contributed by atoms with Crippen LogP contribution in [-0.4, -0.2) is 32.9 Å². The van der Waals surface area contributed by atoms with Crippen molar-refractivity contribution in [1.82, 2.24) is 0 Å². The summed E-state index contributed by atoms with van der Waals surface area (Å²) in [6.07, 6.45) is 2.43. The third-order valence-electron chi connectivity index (χ3n) is 5.15. The van der Waals surface area contributed by atoms with Gasteiger partial charge in [0.05, 0.1) is 20.3 Å². The Labute approximate surface area is 170 Å². The molecule has 0 unspecified atom stereocenters. The Morgan fingerprint density at radius 3 is 2.16 bits per heavy atom. The molecule has 0 radical (unpaired) electrons. The maximum Gasteiger partial charge on any atom is 0.119 e. The van der Waals surface area contributed by atoms with Crippen LogP contribution in [0.25, 0.3) is 0 Å². The molecular weight excluding hydrogens is 437 g/mol. The minimum absolute atomic E-state index is 0. The summed E-state index contributed by atoms with van der Waals surface area (Å²) in [6, 6.07) is 18.3. The minimum atomic E-state index is -1.18. The molecule has 0 spiro atoms. The van der Waals surface area contributed by atoms with Gasteiger partial charge in [-0.15, -0.1) is 0 Å². The van der Waals surface area contributed by atoms with Gasteiger partial charge < -0.3 is 33.2 Å². The van der Waals surface area contributed by atoms with Crippen molar-refractivity contribution in [2.75, 3.05) is 20.3 Å². The fourth-order valence-electron chi connectivity index (χ4n) is 4.39. The topological polar surface area (TPSA) is 9.23 Å². The summed E-state index contributed by atoms with van der Waals surface area (Å²) in [5, 5.41) is 0. The Morgan fingerprint density at radius 2 is 1.60 bits per heavy atom. The van der Waals surface area contributed by atoms with E-state index >= 15 is 0 Å². The van der Waals surface area contributed by atoms with Gasteiger partial charge in [-0.1, -0.05) is 43.9 Å². The Balaban J connectivity index is 0.00000225. The summed E-state index contributed by atoms with van der Waals surface area (Å²) < 4.78 is 6.47. The van der Waals surface area contributed by atoms with Crippen LogP contribution in [0.3, 0.4) is 0 Å². The number of hydrogen-bond donors (Lipinski definition) is 0. The van der Waals surface area contributed by atoms with E-state index in [0.29, 0.717) is 6.04 Å². The van der Waals surface area contributed by atoms with Crippen LogP contribution in [0.2, 0.25) is 19.6 Å². The van der Waals surface area contributed by atoms with Crippen LogP contribution in [0.5, 0.6) is 5.75 Å². The first kappa shape index (κ1) is 20.5. The molecule has 2 aromatic carbocycles. The van der Waals surface area contributed by atoms with Gasteiger partial charge in [-0.05, 0) is 29.8 Å². The molecule has 0 aliphatic carbocycles. The quantitative estimate of drug-likeness (QED) is 0.379. The Morgan fingerprint density at radius 1 is 1.00 bits per heavy atom. The van der Waals surface area contributed by atoms with Crippen molar-refractivity contribution in [3.63, 3.8) is 0 Å². The van der Waals surface area contributed by atoms with Gasteiger partial charge in [-0.25, -0.2) is 0 Å². The lowest BCUT2D eigenvalue weighted by atomic mass is 9.88. The lowest BCUT2D eigenvalue weighted by Crippen LogP contribution is -3.00. The van der Waals surface area contributed by atoms with Crippen molar-refractivity contribution >= 4 is 8.07 Å². The highest BCUT2D eigenvalue weighted by Crippen LogP contribution is 2.39. The number of benzene rings is 2. The van der Waals surface area contributed by atoms with Crippen molar-refractivity contribution in [3.05, 3.63) is 65.2 Å². The van der Waals surface area contributed by atoms with Gasteiger partial charge in [0.15, 0.2) is 0 Å². The molecule has 1 heterocycles. The van der Waals surface area contributed by atoms with Crippen LogP contribution in [0.15, 0.2) is 48.5 Å². The van der Waals surface area contributed by atoms with Gasteiger partial charge in [-0.2, -0.15) is 0 Å². The highest BCUT2D eigenvalue weighted by atomic mass is 127. The van der Waals surface area contributed by atoms with Gasteiger partial charge in [0.1, 0.15) is 26.4 Å². The van der Waals surface area contributed by atoms with E-state index in [1.165, 1.54) is 22.9 Å². The lowest BCUT2D eigenvalue weighted by molar-refractivity contribution is -0.945. The van der Waals surface area contributed by atoms with Gasteiger partial charge in [0, 0.05) is 17.5 Å². The van der Waals surface area contributed by atoms with Crippen molar-refractivity contribution in [1.29, 1.82) is 0 Å². The SMILES string of the molecule is COc1ccc([C@H]2Cc3ccccc3C[N@+]2(C)C[Si](C)(C)C)cc1.[I-]. The van der Waals surface area contributed by atoms with E-state index in [9.17, 15) is 0 Å². The van der Waals surface area contributed by atoms with Crippen LogP contribution < -0.4 is 28.7 Å². The van der Waals surface area contributed by atoms with Crippen LogP contribution in [0.4, 0.5) is 0 Å². The number of fused-ring (bicyclic) bond motifs is 1. The Kier molecular flexibility index (Phi) is 6.38. The Hall–Kier alpha value is -0.853. The smallest absolute Gasteiger partial charge is 0.119 e. The largest absolute Gasteiger partial charge is 1.00 e. The molecule has 4 heteroatoms. The highest BCUT2D eigenvalue weighted by molar-refractivity contribution is 6.76. The molecular formula is C21H30INOSi. The first-order chi connectivity index (χ1) is 11.3. The Bertz CT molecular complexity index is 711. The van der Waals surface area contributed by atoms with E-state index in [1.54, 1.807) is 7.11 Å². The molecule has 136 valence electrons. The lowest BCUT2D eigenvalue weighted by Gasteiger charge is -2.48. The molecule has 0 saturated carbocycles. The van der Waals surface area contributed by atoms with Gasteiger partial charge in [-0.3, -0.25) is 0 Å². The maximum atomic E-state index is 5.35. The summed E-state index contributed by atoms with van der Waals surface area (Å²) in [5.74, 6) is 0.939. The monoisotopic (exact) mass is 467 g/mol. The average molecular weight is 467 g/mol. The van der Waals surface area contributed by atoms with E-state index in [4.69, 9.17) is 4.74 Å². The molecule has 1 aliphatic rings. The molecule has 0 N–H and O–H groups in total. The molecule has 1 aliphatic heterocycles. The first-order valence-electron chi connectivity index (χ1n) is 8.86. The summed E-state index contributed by atoms with van der Waals surface area (Å²) >= 11 is 0. The second-order valence-electron chi connectivity index (χ2n) is 8.62. The fourth-order valence-corrected chi connectivity index (χ4v) is 6.89. The van der Waals surface area contributed by atoms with Crippen LogP contribution in [-0.2, 0) is 13.0 Å². The summed E-state index contributed by atoms with van der Waals surface area (Å²) in [5.41, 5.74) is 4.48. The molecule has 0 fully saturated rings. The number of quaternary nitrogens is 1. The molecule has 0 bridgehead atoms. The molecule has 0 amide bonds. The van der Waals surface area contributed by atoms with Crippen molar-refractivity contribution < 1.29 is 33.2 Å². The molecule has 2 aromatic rings. The fraction of sp³-hybridized carbons (Fsp3) is 0.429. The molecule has 0 aromatic heterocycles. The average Bonchev–Trinajstić information content (AvgIpc) is 2.52. The number of halogens is 1. The second kappa shape index (κ2) is 7.80. The number of ether oxygens (including phenoxy) is 1. The maximum absolute atomic E-state index is 5.35. The molecule has 2 atom stereocenters. The van der Waals surface area contributed by atoms with Gasteiger partial charge in [0.25, 0.3) is 0 Å². The van der Waals surface area contributed by atoms with E-state index in [2.05, 4.69) is 75.2 Å². The second-order valence-corrected chi connectivity index (χ2v) is 14.1. The number of rotatable bonds is 4. The summed E-state index contributed by atoms with van der Waals surface area (Å²) in [4.78, 5) is 0. The number of methoxy groups -OCH3 is 1. The molecule has 0 saturated heterocycles. The molecule has 3 rings (SSSR count). The number of likely N-dealkylation sites (N-methyl/N-ethyl adjacent to an activating group) is 1. The van der Waals surface area contributed by atoms with Crippen molar-refractivity contribution in [2.24, 2.45) is 0 Å². The first-order valence-corrected chi connectivity index (χ1v) is 12.6. The van der Waals surface area contributed by atoms with Crippen molar-refractivity contribution in [3.8, 4) is 5.75 Å². The number of hydrogen-bond acceptors (Lipinski definition) is 1. The molecule has 2 nitrogen and oxygen atoms in total. The van der Waals surface area contributed by atoms with E-state index in [-0.39, 0.29) is 24.0 Å². The van der Waals surface area contributed by atoms with Crippen LogP contribution in [0.1, 0.15) is 22.7 Å². The number of nitrogens with zero attached hydrogens (tertiary/aromatic N) is 1. The zero-order valence-electron chi connectivity index (χ0n) is 16.1. The van der Waals surface area contributed by atoms with Crippen LogP contribution >= 0.6 is 0 Å². The van der Waals surface area contributed by atoms with E-state index < -0.39 is 8.07 Å². The summed E-state index contributed by atoms with van der Waals surface area (Å²) in [6.45, 7) is 8.60. The predicted octanol–water partition coefficient (Wildman–Crippen LogP) is 1.82. The zero-order valence-corrected chi connectivity index (χ0v) is 19.2. The van der Waals surface area contributed by atoms with Gasteiger partial charge >= 0.3 is 0 Å². The minimum Gasteiger partial charge on any atom is -1.00 e. The predicted molar refractivity (Wildman–Crippen MR) is 104 cm³/mol. The summed E-state index contributed by atoms with van der Waals surface area (Å²) in [7, 11) is 3.01. The zero-order chi connectivity index (χ0) is 17.4.